The standard InChI is InChI=1S/C12H16ClNO/c1-8-6-9(7-10(15)11(8)13)2-3-12(14)4-5-12/h6-7,15H,2-5,14H2,1H3. The van der Waals surface area contributed by atoms with E-state index in [4.69, 9.17) is 17.3 Å². The van der Waals surface area contributed by atoms with Crippen molar-refractivity contribution in [1.29, 1.82) is 0 Å². The van der Waals surface area contributed by atoms with Crippen LogP contribution >= 0.6 is 11.6 Å². The molecule has 0 radical (unpaired) electrons. The molecule has 3 N–H and O–H groups in total. The molecule has 82 valence electrons. The molecule has 0 bridgehead atoms. The smallest absolute Gasteiger partial charge is 0.134 e. The largest absolute Gasteiger partial charge is 0.506 e. The molecule has 3 heteroatoms. The van der Waals surface area contributed by atoms with Crippen molar-refractivity contribution < 1.29 is 5.11 Å². The van der Waals surface area contributed by atoms with Crippen LogP contribution in [0, 0.1) is 6.92 Å². The van der Waals surface area contributed by atoms with E-state index in [1.807, 2.05) is 13.0 Å². The molecule has 0 aliphatic heterocycles. The van der Waals surface area contributed by atoms with Gasteiger partial charge in [0, 0.05) is 5.54 Å². The third kappa shape index (κ3) is 2.44. The van der Waals surface area contributed by atoms with Gasteiger partial charge in [0.1, 0.15) is 5.75 Å². The summed E-state index contributed by atoms with van der Waals surface area (Å²) in [6, 6.07) is 3.76. The predicted octanol–water partition coefficient (Wildman–Crippen LogP) is 2.78. The second-order valence-electron chi connectivity index (χ2n) is 4.61. The Morgan fingerprint density at radius 3 is 2.67 bits per heavy atom. The Bertz CT molecular complexity index is 362. The van der Waals surface area contributed by atoms with Gasteiger partial charge in [0.05, 0.1) is 5.02 Å². The molecule has 2 rings (SSSR count). The fraction of sp³-hybridized carbons (Fsp3) is 0.500. The molecule has 0 heterocycles. The van der Waals surface area contributed by atoms with Crippen LogP contribution in [0.4, 0.5) is 0 Å². The highest BCUT2D eigenvalue weighted by molar-refractivity contribution is 6.32. The summed E-state index contributed by atoms with van der Waals surface area (Å²) in [6.07, 6.45) is 4.17. The van der Waals surface area contributed by atoms with Crippen molar-refractivity contribution in [2.45, 2.75) is 38.1 Å². The quantitative estimate of drug-likeness (QED) is 0.831. The average molecular weight is 226 g/mol. The van der Waals surface area contributed by atoms with Crippen LogP contribution in [0.3, 0.4) is 0 Å². The highest BCUT2D eigenvalue weighted by atomic mass is 35.5. The molecule has 0 amide bonds. The zero-order valence-corrected chi connectivity index (χ0v) is 9.64. The van der Waals surface area contributed by atoms with E-state index in [9.17, 15) is 5.11 Å². The molecule has 1 aromatic rings. The number of aryl methyl sites for hydroxylation is 2. The molecular weight excluding hydrogens is 210 g/mol. The van der Waals surface area contributed by atoms with E-state index in [1.54, 1.807) is 6.07 Å². The lowest BCUT2D eigenvalue weighted by atomic mass is 10.0. The third-order valence-corrected chi connectivity index (χ3v) is 3.59. The predicted molar refractivity (Wildman–Crippen MR) is 62.3 cm³/mol. The van der Waals surface area contributed by atoms with E-state index in [0.29, 0.717) is 5.02 Å². The van der Waals surface area contributed by atoms with Crippen LogP contribution < -0.4 is 5.73 Å². The van der Waals surface area contributed by atoms with Gasteiger partial charge in [0.2, 0.25) is 0 Å². The van der Waals surface area contributed by atoms with E-state index in [2.05, 4.69) is 0 Å². The zero-order valence-electron chi connectivity index (χ0n) is 8.89. The number of phenolic OH excluding ortho intramolecular Hbond substituents is 1. The summed E-state index contributed by atoms with van der Waals surface area (Å²) in [5, 5.41) is 10.0. The molecule has 1 aliphatic carbocycles. The van der Waals surface area contributed by atoms with Gasteiger partial charge in [-0.05, 0) is 49.8 Å². The van der Waals surface area contributed by atoms with Gasteiger partial charge in [-0.1, -0.05) is 17.7 Å². The number of rotatable bonds is 3. The molecule has 1 aromatic carbocycles. The van der Waals surface area contributed by atoms with Crippen LogP contribution in [0.2, 0.25) is 5.02 Å². The second kappa shape index (κ2) is 3.69. The number of nitrogens with two attached hydrogens (primary N) is 1. The van der Waals surface area contributed by atoms with Crippen molar-refractivity contribution in [3.8, 4) is 5.75 Å². The van der Waals surface area contributed by atoms with Crippen LogP contribution in [0.15, 0.2) is 12.1 Å². The molecule has 0 spiro atoms. The lowest BCUT2D eigenvalue weighted by Crippen LogP contribution is -2.22. The molecule has 0 aromatic heterocycles. The summed E-state index contributed by atoms with van der Waals surface area (Å²) in [7, 11) is 0. The lowest BCUT2D eigenvalue weighted by molar-refractivity contribution is 0.474. The van der Waals surface area contributed by atoms with Gasteiger partial charge in [-0.25, -0.2) is 0 Å². The third-order valence-electron chi connectivity index (χ3n) is 3.10. The van der Waals surface area contributed by atoms with Crippen molar-refractivity contribution in [2.75, 3.05) is 0 Å². The zero-order chi connectivity index (χ0) is 11.1. The van der Waals surface area contributed by atoms with Crippen molar-refractivity contribution in [3.63, 3.8) is 0 Å². The summed E-state index contributed by atoms with van der Waals surface area (Å²) in [6.45, 7) is 1.90. The van der Waals surface area contributed by atoms with Gasteiger partial charge < -0.3 is 10.8 Å². The minimum Gasteiger partial charge on any atom is -0.506 e. The Labute approximate surface area is 95.1 Å². The van der Waals surface area contributed by atoms with Gasteiger partial charge >= 0.3 is 0 Å². The molecule has 0 atom stereocenters. The minimum atomic E-state index is 0.0726. The first-order chi connectivity index (χ1) is 7.00. The second-order valence-corrected chi connectivity index (χ2v) is 4.99. The first-order valence-electron chi connectivity index (χ1n) is 5.27. The number of hydrogen-bond donors (Lipinski definition) is 2. The van der Waals surface area contributed by atoms with E-state index in [0.717, 1.165) is 36.8 Å². The number of hydrogen-bond acceptors (Lipinski definition) is 2. The maximum Gasteiger partial charge on any atom is 0.134 e. The van der Waals surface area contributed by atoms with Gasteiger partial charge in [0.15, 0.2) is 0 Å². The molecule has 0 saturated heterocycles. The van der Waals surface area contributed by atoms with Crippen molar-refractivity contribution in [3.05, 3.63) is 28.3 Å². The van der Waals surface area contributed by atoms with Crippen molar-refractivity contribution in [1.82, 2.24) is 0 Å². The van der Waals surface area contributed by atoms with E-state index < -0.39 is 0 Å². The van der Waals surface area contributed by atoms with Crippen molar-refractivity contribution >= 4 is 11.6 Å². The van der Waals surface area contributed by atoms with Gasteiger partial charge in [-0.2, -0.15) is 0 Å². The van der Waals surface area contributed by atoms with Crippen LogP contribution in [0.5, 0.6) is 5.75 Å². The Kier molecular flexibility index (Phi) is 2.65. The van der Waals surface area contributed by atoms with Crippen LogP contribution in [0.1, 0.15) is 30.4 Å². The minimum absolute atomic E-state index is 0.0726. The monoisotopic (exact) mass is 225 g/mol. The molecule has 1 saturated carbocycles. The van der Waals surface area contributed by atoms with Gasteiger partial charge in [-0.15, -0.1) is 0 Å². The summed E-state index contributed by atoms with van der Waals surface area (Å²) in [5.74, 6) is 0.175. The van der Waals surface area contributed by atoms with E-state index in [-0.39, 0.29) is 11.3 Å². The van der Waals surface area contributed by atoms with E-state index >= 15 is 0 Å². The summed E-state index contributed by atoms with van der Waals surface area (Å²) >= 11 is 5.88. The SMILES string of the molecule is Cc1cc(CCC2(N)CC2)cc(O)c1Cl. The van der Waals surface area contributed by atoms with Crippen molar-refractivity contribution in [2.24, 2.45) is 5.73 Å². The number of benzene rings is 1. The van der Waals surface area contributed by atoms with E-state index in [1.165, 1.54) is 0 Å². The van der Waals surface area contributed by atoms with Gasteiger partial charge in [0.25, 0.3) is 0 Å². The number of phenols is 1. The summed E-state index contributed by atoms with van der Waals surface area (Å²) in [4.78, 5) is 0. The highest BCUT2D eigenvalue weighted by Crippen LogP contribution is 2.37. The average Bonchev–Trinajstić information content (AvgIpc) is 2.90. The Morgan fingerprint density at radius 1 is 1.47 bits per heavy atom. The Hall–Kier alpha value is -0.730. The molecular formula is C12H16ClNO. The van der Waals surface area contributed by atoms with Gasteiger partial charge in [-0.3, -0.25) is 0 Å². The first kappa shape index (κ1) is 10.8. The van der Waals surface area contributed by atoms with Crippen LogP contribution in [-0.2, 0) is 6.42 Å². The van der Waals surface area contributed by atoms with Crippen LogP contribution in [-0.4, -0.2) is 10.6 Å². The van der Waals surface area contributed by atoms with Crippen LogP contribution in [0.25, 0.3) is 0 Å². The Morgan fingerprint density at radius 2 is 2.13 bits per heavy atom. The molecule has 15 heavy (non-hydrogen) atoms. The summed E-state index contributed by atoms with van der Waals surface area (Å²) < 4.78 is 0. The molecule has 2 nitrogen and oxygen atoms in total. The normalized spacial score (nSPS) is 17.8. The first-order valence-corrected chi connectivity index (χ1v) is 5.65. The number of halogens is 1. The fourth-order valence-corrected chi connectivity index (χ4v) is 1.88. The highest BCUT2D eigenvalue weighted by Gasteiger charge is 2.37. The maximum atomic E-state index is 9.56. The molecule has 1 aliphatic rings. The molecule has 0 unspecified atom stereocenters. The fourth-order valence-electron chi connectivity index (χ4n) is 1.77. The lowest BCUT2D eigenvalue weighted by Gasteiger charge is -2.10. The maximum absolute atomic E-state index is 9.56. The Balaban J connectivity index is 2.08. The summed E-state index contributed by atoms with van der Waals surface area (Å²) in [5.41, 5.74) is 8.13. The molecule has 1 fully saturated rings. The number of aromatic hydroxyl groups is 1. The topological polar surface area (TPSA) is 46.2 Å².